The molecule has 1 atom stereocenters. The Morgan fingerprint density at radius 2 is 1.66 bits per heavy atom. The van der Waals surface area contributed by atoms with Crippen LogP contribution in [0.4, 0.5) is 4.39 Å². The molecule has 0 saturated heterocycles. The van der Waals surface area contributed by atoms with Gasteiger partial charge in [0.25, 0.3) is 0 Å². The summed E-state index contributed by atoms with van der Waals surface area (Å²) in [4.78, 5) is 0. The first kappa shape index (κ1) is 23.7. The normalized spacial score (nSPS) is 12.6. The molecule has 32 heavy (non-hydrogen) atoms. The van der Waals surface area contributed by atoms with Crippen molar-refractivity contribution in [3.05, 3.63) is 88.7 Å². The van der Waals surface area contributed by atoms with E-state index in [0.29, 0.717) is 17.4 Å². The van der Waals surface area contributed by atoms with E-state index in [0.717, 1.165) is 42.6 Å². The van der Waals surface area contributed by atoms with Crippen molar-refractivity contribution in [1.82, 2.24) is 0 Å². The van der Waals surface area contributed by atoms with Gasteiger partial charge < -0.3 is 9.47 Å². The first-order valence-electron chi connectivity index (χ1n) is 10.9. The molecule has 166 valence electrons. The van der Waals surface area contributed by atoms with Gasteiger partial charge in [0, 0.05) is 5.02 Å². The zero-order valence-corrected chi connectivity index (χ0v) is 19.3. The minimum Gasteiger partial charge on any atom is -0.494 e. The summed E-state index contributed by atoms with van der Waals surface area (Å²) in [6, 6.07) is 19.9. The van der Waals surface area contributed by atoms with Crippen LogP contribution in [0.1, 0.15) is 44.2 Å². The summed E-state index contributed by atoms with van der Waals surface area (Å²) in [7, 11) is 0. The molecule has 0 aliphatic heterocycles. The monoisotopic (exact) mass is 450 g/mol. The highest BCUT2D eigenvalue weighted by atomic mass is 35.5. The molecule has 0 heterocycles. The Labute approximate surface area is 195 Å². The quantitative estimate of drug-likeness (QED) is 0.291. The van der Waals surface area contributed by atoms with E-state index in [1.165, 1.54) is 6.07 Å². The number of hydrogen-bond donors (Lipinski definition) is 0. The Bertz CT molecular complexity index is 1050. The molecule has 2 nitrogen and oxygen atoms in total. The molecule has 0 aliphatic carbocycles. The van der Waals surface area contributed by atoms with Crippen LogP contribution < -0.4 is 9.47 Å². The standard InChI is InChI=1S/C28H28ClFO2/c1-4-28(5-2,22-10-14-24(15-11-22)31-6-3)19-7-8-21-9-18-26(30)27(20-21)32-25-16-12-23(29)13-17-25/h1,9-18,20H,5-8,19H2,2-3H3. The van der Waals surface area contributed by atoms with Gasteiger partial charge in [-0.1, -0.05) is 42.6 Å². The maximum atomic E-state index is 14.3. The molecule has 0 saturated carbocycles. The third-order valence-electron chi connectivity index (χ3n) is 5.70. The minimum absolute atomic E-state index is 0.204. The minimum atomic E-state index is -0.399. The number of aryl methyl sites for hydroxylation is 1. The molecule has 3 aromatic carbocycles. The van der Waals surface area contributed by atoms with Crippen molar-refractivity contribution in [3.63, 3.8) is 0 Å². The zero-order valence-electron chi connectivity index (χ0n) is 18.5. The highest BCUT2D eigenvalue weighted by molar-refractivity contribution is 6.30. The lowest BCUT2D eigenvalue weighted by Gasteiger charge is -2.28. The molecule has 3 rings (SSSR count). The van der Waals surface area contributed by atoms with Gasteiger partial charge in [-0.2, -0.15) is 0 Å². The van der Waals surface area contributed by atoms with Crippen LogP contribution in [0.25, 0.3) is 0 Å². The van der Waals surface area contributed by atoms with E-state index in [2.05, 4.69) is 25.0 Å². The predicted molar refractivity (Wildman–Crippen MR) is 129 cm³/mol. The Hall–Kier alpha value is -2.96. The number of rotatable bonds is 10. The molecule has 4 heteroatoms. The second kappa shape index (κ2) is 11.1. The second-order valence-electron chi connectivity index (χ2n) is 7.71. The van der Waals surface area contributed by atoms with Crippen molar-refractivity contribution >= 4 is 11.6 Å². The van der Waals surface area contributed by atoms with E-state index in [4.69, 9.17) is 27.5 Å². The van der Waals surface area contributed by atoms with E-state index in [9.17, 15) is 4.39 Å². The first-order valence-corrected chi connectivity index (χ1v) is 11.3. The third kappa shape index (κ3) is 5.84. The fraction of sp³-hybridized carbons (Fsp3) is 0.286. The molecular formula is C28H28ClFO2. The summed E-state index contributed by atoms with van der Waals surface area (Å²) in [5, 5.41) is 0.604. The number of halogens is 2. The first-order chi connectivity index (χ1) is 15.5. The van der Waals surface area contributed by atoms with E-state index < -0.39 is 5.82 Å². The van der Waals surface area contributed by atoms with Crippen LogP contribution in [-0.4, -0.2) is 6.61 Å². The van der Waals surface area contributed by atoms with Gasteiger partial charge in [-0.3, -0.25) is 0 Å². The molecule has 0 spiro atoms. The van der Waals surface area contributed by atoms with Gasteiger partial charge in [0.05, 0.1) is 12.0 Å². The van der Waals surface area contributed by atoms with Gasteiger partial charge in [0.15, 0.2) is 11.6 Å². The summed E-state index contributed by atoms with van der Waals surface area (Å²) in [6.45, 7) is 4.72. The Morgan fingerprint density at radius 3 is 2.28 bits per heavy atom. The van der Waals surface area contributed by atoms with Crippen LogP contribution in [0.5, 0.6) is 17.2 Å². The van der Waals surface area contributed by atoms with Crippen molar-refractivity contribution in [3.8, 4) is 29.6 Å². The van der Waals surface area contributed by atoms with Crippen LogP contribution in [0.2, 0.25) is 5.02 Å². The molecule has 0 aliphatic rings. The van der Waals surface area contributed by atoms with E-state index in [1.54, 1.807) is 36.4 Å². The van der Waals surface area contributed by atoms with Gasteiger partial charge in [0.2, 0.25) is 0 Å². The summed E-state index contributed by atoms with van der Waals surface area (Å²) in [5.74, 6) is 4.23. The Morgan fingerprint density at radius 1 is 0.969 bits per heavy atom. The van der Waals surface area contributed by atoms with E-state index in [1.807, 2.05) is 19.1 Å². The molecule has 0 radical (unpaired) electrons. The van der Waals surface area contributed by atoms with Crippen LogP contribution in [-0.2, 0) is 11.8 Å². The fourth-order valence-corrected chi connectivity index (χ4v) is 3.95. The fourth-order valence-electron chi connectivity index (χ4n) is 3.83. The Balaban J connectivity index is 1.68. The van der Waals surface area contributed by atoms with E-state index >= 15 is 0 Å². The highest BCUT2D eigenvalue weighted by Crippen LogP contribution is 2.34. The molecule has 0 fully saturated rings. The van der Waals surface area contributed by atoms with Crippen LogP contribution in [0.15, 0.2) is 66.7 Å². The van der Waals surface area contributed by atoms with Crippen molar-refractivity contribution < 1.29 is 13.9 Å². The molecule has 1 unspecified atom stereocenters. The van der Waals surface area contributed by atoms with E-state index in [-0.39, 0.29) is 11.2 Å². The average molecular weight is 451 g/mol. The third-order valence-corrected chi connectivity index (χ3v) is 5.96. The smallest absolute Gasteiger partial charge is 0.165 e. The number of terminal acetylenes is 1. The predicted octanol–water partition coefficient (Wildman–Crippen LogP) is 7.97. The largest absolute Gasteiger partial charge is 0.494 e. The average Bonchev–Trinajstić information content (AvgIpc) is 2.81. The number of ether oxygens (including phenoxy) is 2. The van der Waals surface area contributed by atoms with Gasteiger partial charge in [0.1, 0.15) is 11.5 Å². The molecular weight excluding hydrogens is 423 g/mol. The Kier molecular flexibility index (Phi) is 8.20. The molecule has 0 aromatic heterocycles. The van der Waals surface area contributed by atoms with Crippen molar-refractivity contribution in [1.29, 1.82) is 0 Å². The molecule has 0 bridgehead atoms. The van der Waals surface area contributed by atoms with Gasteiger partial charge in [-0.15, -0.1) is 6.42 Å². The van der Waals surface area contributed by atoms with Crippen molar-refractivity contribution in [2.75, 3.05) is 6.61 Å². The lowest BCUT2D eigenvalue weighted by molar-refractivity contribution is 0.340. The molecule has 0 N–H and O–H groups in total. The van der Waals surface area contributed by atoms with Crippen LogP contribution >= 0.6 is 11.6 Å². The molecule has 0 amide bonds. The van der Waals surface area contributed by atoms with Crippen molar-refractivity contribution in [2.45, 2.75) is 44.9 Å². The highest BCUT2D eigenvalue weighted by Gasteiger charge is 2.27. The summed E-state index contributed by atoms with van der Waals surface area (Å²) < 4.78 is 25.5. The van der Waals surface area contributed by atoms with Crippen molar-refractivity contribution in [2.24, 2.45) is 0 Å². The number of benzene rings is 3. The van der Waals surface area contributed by atoms with Gasteiger partial charge in [-0.05, 0) is 92.3 Å². The lowest BCUT2D eigenvalue weighted by Crippen LogP contribution is -2.23. The molecule has 3 aromatic rings. The summed E-state index contributed by atoms with van der Waals surface area (Å²) in [5.41, 5.74) is 1.79. The topological polar surface area (TPSA) is 18.5 Å². The zero-order chi connectivity index (χ0) is 23.0. The second-order valence-corrected chi connectivity index (χ2v) is 8.15. The lowest BCUT2D eigenvalue weighted by atomic mass is 9.75. The van der Waals surface area contributed by atoms with Gasteiger partial charge in [-0.25, -0.2) is 4.39 Å². The van der Waals surface area contributed by atoms with Gasteiger partial charge >= 0.3 is 0 Å². The summed E-state index contributed by atoms with van der Waals surface area (Å²) in [6.07, 6.45) is 9.33. The summed E-state index contributed by atoms with van der Waals surface area (Å²) >= 11 is 5.91. The maximum absolute atomic E-state index is 14.3. The van der Waals surface area contributed by atoms with Crippen LogP contribution in [0.3, 0.4) is 0 Å². The van der Waals surface area contributed by atoms with Crippen LogP contribution in [0, 0.1) is 18.2 Å². The SMILES string of the molecule is C#CC(CC)(CCCc1ccc(F)c(Oc2ccc(Cl)cc2)c1)c1ccc(OCC)cc1. The number of hydrogen-bond acceptors (Lipinski definition) is 2. The maximum Gasteiger partial charge on any atom is 0.165 e.